The van der Waals surface area contributed by atoms with Gasteiger partial charge in [-0.05, 0) is 51.2 Å². The third-order valence-corrected chi connectivity index (χ3v) is 3.37. The van der Waals surface area contributed by atoms with E-state index in [4.69, 9.17) is 21.7 Å². The molecule has 0 saturated carbocycles. The van der Waals surface area contributed by atoms with E-state index in [9.17, 15) is 4.79 Å². The number of rotatable bonds is 3. The highest BCUT2D eigenvalue weighted by Gasteiger charge is 2.28. The molecule has 2 atom stereocenters. The van der Waals surface area contributed by atoms with E-state index in [0.29, 0.717) is 17.3 Å². The van der Waals surface area contributed by atoms with Crippen LogP contribution in [0.3, 0.4) is 0 Å². The summed E-state index contributed by atoms with van der Waals surface area (Å²) in [5, 5.41) is 3.41. The zero-order valence-corrected chi connectivity index (χ0v) is 13.9. The SMILES string of the molecule is CC(C)(C)C(=O)O[C@H]1C=C[C@@H](NC(=S)Oc2ccccc2)C1. The van der Waals surface area contributed by atoms with Gasteiger partial charge >= 0.3 is 5.97 Å². The quantitative estimate of drug-likeness (QED) is 0.526. The van der Waals surface area contributed by atoms with Crippen LogP contribution in [0.5, 0.6) is 5.75 Å². The second-order valence-corrected chi connectivity index (χ2v) is 6.64. The highest BCUT2D eigenvalue weighted by molar-refractivity contribution is 7.80. The summed E-state index contributed by atoms with van der Waals surface area (Å²) < 4.78 is 11.0. The lowest BCUT2D eigenvalue weighted by Crippen LogP contribution is -2.36. The van der Waals surface area contributed by atoms with Gasteiger partial charge in [0, 0.05) is 6.42 Å². The first-order valence-corrected chi connectivity index (χ1v) is 7.68. The summed E-state index contributed by atoms with van der Waals surface area (Å²) in [4.78, 5) is 11.9. The number of hydrogen-bond acceptors (Lipinski definition) is 4. The number of ether oxygens (including phenoxy) is 2. The summed E-state index contributed by atoms with van der Waals surface area (Å²) in [5.74, 6) is 0.489. The molecule has 0 unspecified atom stereocenters. The molecule has 1 aromatic rings. The highest BCUT2D eigenvalue weighted by Crippen LogP contribution is 2.21. The maximum absolute atomic E-state index is 11.9. The summed E-state index contributed by atoms with van der Waals surface area (Å²) in [7, 11) is 0. The van der Waals surface area contributed by atoms with Gasteiger partial charge in [0.15, 0.2) is 0 Å². The van der Waals surface area contributed by atoms with E-state index in [-0.39, 0.29) is 18.1 Å². The van der Waals surface area contributed by atoms with Crippen molar-refractivity contribution in [3.05, 3.63) is 42.5 Å². The van der Waals surface area contributed by atoms with Gasteiger partial charge in [-0.1, -0.05) is 24.3 Å². The molecule has 0 fully saturated rings. The molecule has 5 heteroatoms. The molecule has 1 aliphatic rings. The number of para-hydroxylation sites is 1. The van der Waals surface area contributed by atoms with Gasteiger partial charge in [0.25, 0.3) is 5.17 Å². The van der Waals surface area contributed by atoms with E-state index in [0.717, 1.165) is 0 Å². The topological polar surface area (TPSA) is 47.6 Å². The Morgan fingerprint density at radius 2 is 1.91 bits per heavy atom. The van der Waals surface area contributed by atoms with Crippen molar-refractivity contribution in [1.82, 2.24) is 5.32 Å². The van der Waals surface area contributed by atoms with Crippen molar-refractivity contribution in [3.8, 4) is 5.75 Å². The van der Waals surface area contributed by atoms with Crippen LogP contribution in [0.15, 0.2) is 42.5 Å². The molecule has 0 spiro atoms. The summed E-state index contributed by atoms with van der Waals surface area (Å²) in [6.45, 7) is 5.52. The van der Waals surface area contributed by atoms with E-state index in [2.05, 4.69) is 5.32 Å². The third kappa shape index (κ3) is 4.84. The van der Waals surface area contributed by atoms with Gasteiger partial charge in [-0.3, -0.25) is 4.79 Å². The Hall–Kier alpha value is -1.88. The van der Waals surface area contributed by atoms with E-state index in [1.165, 1.54) is 0 Å². The Balaban J connectivity index is 1.78. The first kappa shape index (κ1) is 16.5. The van der Waals surface area contributed by atoms with E-state index >= 15 is 0 Å². The Morgan fingerprint density at radius 3 is 2.55 bits per heavy atom. The normalized spacial score (nSPS) is 20.5. The molecule has 0 aromatic heterocycles. The molecule has 0 saturated heterocycles. The number of thiocarbonyl (C=S) groups is 1. The summed E-state index contributed by atoms with van der Waals surface area (Å²) in [6, 6.07) is 9.37. The predicted octanol–water partition coefficient (Wildman–Crippen LogP) is 3.23. The van der Waals surface area contributed by atoms with Crippen LogP contribution in [0, 0.1) is 5.41 Å². The largest absolute Gasteiger partial charge is 0.458 e. The van der Waals surface area contributed by atoms with Crippen LogP contribution in [0.4, 0.5) is 0 Å². The molecule has 4 nitrogen and oxygen atoms in total. The lowest BCUT2D eigenvalue weighted by molar-refractivity contribution is -0.156. The molecule has 0 amide bonds. The van der Waals surface area contributed by atoms with Crippen LogP contribution in [0.1, 0.15) is 27.2 Å². The lowest BCUT2D eigenvalue weighted by Gasteiger charge is -2.21. The lowest BCUT2D eigenvalue weighted by atomic mass is 9.97. The molecule has 2 rings (SSSR count). The molecular formula is C17H21NO3S. The Morgan fingerprint density at radius 1 is 1.23 bits per heavy atom. The minimum Gasteiger partial charge on any atom is -0.458 e. The van der Waals surface area contributed by atoms with Crippen molar-refractivity contribution in [1.29, 1.82) is 0 Å². The molecule has 0 radical (unpaired) electrons. The number of carbonyl (C=O) groups is 1. The zero-order chi connectivity index (χ0) is 16.2. The first-order valence-electron chi connectivity index (χ1n) is 7.27. The van der Waals surface area contributed by atoms with Crippen LogP contribution in [-0.2, 0) is 9.53 Å². The average molecular weight is 319 g/mol. The van der Waals surface area contributed by atoms with Gasteiger partial charge in [-0.2, -0.15) is 0 Å². The summed E-state index contributed by atoms with van der Waals surface area (Å²) >= 11 is 5.18. The van der Waals surface area contributed by atoms with Crippen molar-refractivity contribution in [2.75, 3.05) is 0 Å². The van der Waals surface area contributed by atoms with Crippen molar-refractivity contribution < 1.29 is 14.3 Å². The molecule has 0 aliphatic heterocycles. The molecule has 1 aliphatic carbocycles. The fraction of sp³-hybridized carbons (Fsp3) is 0.412. The molecule has 118 valence electrons. The number of hydrogen-bond donors (Lipinski definition) is 1. The maximum atomic E-state index is 11.9. The van der Waals surface area contributed by atoms with Gasteiger partial charge in [0.2, 0.25) is 0 Å². The third-order valence-electron chi connectivity index (χ3n) is 3.17. The molecular weight excluding hydrogens is 298 g/mol. The number of nitrogens with one attached hydrogen (secondary N) is 1. The summed E-state index contributed by atoms with van der Waals surface area (Å²) in [6.07, 6.45) is 4.26. The minimum atomic E-state index is -0.495. The molecule has 1 N–H and O–H groups in total. The number of esters is 1. The molecule has 1 aromatic carbocycles. The number of carbonyl (C=O) groups excluding carboxylic acids is 1. The van der Waals surface area contributed by atoms with Gasteiger partial charge in [-0.25, -0.2) is 0 Å². The van der Waals surface area contributed by atoms with Crippen molar-refractivity contribution >= 4 is 23.4 Å². The highest BCUT2D eigenvalue weighted by atomic mass is 32.1. The van der Waals surface area contributed by atoms with Gasteiger partial charge in [-0.15, -0.1) is 0 Å². The maximum Gasteiger partial charge on any atom is 0.311 e. The fourth-order valence-electron chi connectivity index (χ4n) is 1.95. The predicted molar refractivity (Wildman–Crippen MR) is 89.7 cm³/mol. The fourth-order valence-corrected chi connectivity index (χ4v) is 2.20. The van der Waals surface area contributed by atoms with Crippen LogP contribution < -0.4 is 10.1 Å². The monoisotopic (exact) mass is 319 g/mol. The first-order chi connectivity index (χ1) is 10.3. The van der Waals surface area contributed by atoms with Crippen LogP contribution in [-0.4, -0.2) is 23.3 Å². The van der Waals surface area contributed by atoms with Crippen LogP contribution >= 0.6 is 12.2 Å². The van der Waals surface area contributed by atoms with Crippen molar-refractivity contribution in [2.24, 2.45) is 5.41 Å². The number of benzene rings is 1. The standard InChI is InChI=1S/C17H21NO3S/c1-17(2,3)15(19)20-14-10-9-12(11-14)18-16(22)21-13-7-5-4-6-8-13/h4-10,12,14H,11H2,1-3H3,(H,18,22)/t12-,14+/m1/s1. The Kier molecular flexibility index (Phi) is 5.19. The van der Waals surface area contributed by atoms with Gasteiger partial charge < -0.3 is 14.8 Å². The van der Waals surface area contributed by atoms with Gasteiger partial charge in [0.1, 0.15) is 11.9 Å². The Labute approximate surface area is 136 Å². The van der Waals surface area contributed by atoms with Crippen molar-refractivity contribution in [3.63, 3.8) is 0 Å². The second kappa shape index (κ2) is 6.92. The second-order valence-electron chi connectivity index (χ2n) is 6.27. The van der Waals surface area contributed by atoms with Crippen LogP contribution in [0.25, 0.3) is 0 Å². The summed E-state index contributed by atoms with van der Waals surface area (Å²) in [5.41, 5.74) is -0.495. The molecule has 0 bridgehead atoms. The van der Waals surface area contributed by atoms with Gasteiger partial charge in [0.05, 0.1) is 11.5 Å². The molecule has 22 heavy (non-hydrogen) atoms. The van der Waals surface area contributed by atoms with Crippen molar-refractivity contribution in [2.45, 2.75) is 39.3 Å². The minimum absolute atomic E-state index is 0.00832. The van der Waals surface area contributed by atoms with E-state index in [1.54, 1.807) is 0 Å². The average Bonchev–Trinajstić information content (AvgIpc) is 2.85. The van der Waals surface area contributed by atoms with E-state index in [1.807, 2.05) is 63.3 Å². The smallest absolute Gasteiger partial charge is 0.311 e. The Bertz CT molecular complexity index is 563. The van der Waals surface area contributed by atoms with Crippen LogP contribution in [0.2, 0.25) is 0 Å². The molecule has 0 heterocycles. The zero-order valence-electron chi connectivity index (χ0n) is 13.0. The van der Waals surface area contributed by atoms with E-state index < -0.39 is 5.41 Å².